The molecule has 1 aliphatic rings. The van der Waals surface area contributed by atoms with Crippen molar-refractivity contribution in [2.24, 2.45) is 31.0 Å². The highest BCUT2D eigenvalue weighted by atomic mass is 32.2. The molecule has 4 aromatic rings. The summed E-state index contributed by atoms with van der Waals surface area (Å²) in [6.07, 6.45) is -0.893. The first-order chi connectivity index (χ1) is 23.9. The lowest BCUT2D eigenvalue weighted by Crippen LogP contribution is -2.47. The molecule has 0 saturated heterocycles. The molecule has 3 amide bonds. The minimum absolute atomic E-state index is 0.0486. The number of benzodiazepines with no additional fused rings is 1. The number of benzene rings is 3. The summed E-state index contributed by atoms with van der Waals surface area (Å²) < 4.78 is 25.2. The van der Waals surface area contributed by atoms with E-state index in [1.54, 1.807) is 25.2 Å². The van der Waals surface area contributed by atoms with Crippen molar-refractivity contribution in [2.45, 2.75) is 24.9 Å². The van der Waals surface area contributed by atoms with E-state index in [1.807, 2.05) is 66.0 Å². The van der Waals surface area contributed by atoms with Gasteiger partial charge in [0.1, 0.15) is 5.84 Å². The molecule has 1 aliphatic heterocycles. The second kappa shape index (κ2) is 16.4. The second-order valence-electron chi connectivity index (χ2n) is 10.8. The first kappa shape index (κ1) is 36.0. The van der Waals surface area contributed by atoms with Gasteiger partial charge >= 0.3 is 16.2 Å². The number of hydrogen-bond acceptors (Lipinski definition) is 9. The number of amides is 3. The molecule has 0 spiro atoms. The van der Waals surface area contributed by atoms with Crippen LogP contribution in [0.1, 0.15) is 28.8 Å². The Kier molecular flexibility index (Phi) is 11.8. The maximum atomic E-state index is 13.4. The molecule has 0 fully saturated rings. The number of fused-ring (bicyclic) bond motifs is 1. The molecule has 0 bridgehead atoms. The zero-order valence-corrected chi connectivity index (χ0v) is 29.3. The fourth-order valence-electron chi connectivity index (χ4n) is 4.80. The fourth-order valence-corrected chi connectivity index (χ4v) is 6.90. The number of aromatic nitrogens is 1. The van der Waals surface area contributed by atoms with Crippen LogP contribution in [0.2, 0.25) is 0 Å². The van der Waals surface area contributed by atoms with Gasteiger partial charge in [-0.15, -0.1) is 15.7 Å². The molecule has 9 N–H and O–H groups in total. The molecular weight excluding hydrogens is 699 g/mol. The van der Waals surface area contributed by atoms with Crippen LogP contribution in [-0.2, 0) is 27.3 Å². The number of thioether (sulfide) groups is 1. The topological polar surface area (TPSA) is 236 Å². The zero-order valence-electron chi connectivity index (χ0n) is 26.8. The van der Waals surface area contributed by atoms with Gasteiger partial charge in [-0.05, 0) is 23.8 Å². The number of nitrogens with two attached hydrogens (primary N) is 3. The van der Waals surface area contributed by atoms with Crippen molar-refractivity contribution in [3.8, 4) is 0 Å². The number of carbonyl (C=O) groups is 2. The summed E-state index contributed by atoms with van der Waals surface area (Å²) in [5.41, 5.74) is 16.6. The van der Waals surface area contributed by atoms with E-state index < -0.39 is 22.4 Å². The molecule has 0 saturated carbocycles. The van der Waals surface area contributed by atoms with E-state index >= 15 is 0 Å². The number of nitrogens with one attached hydrogen (secondary N) is 3. The smallest absolute Gasteiger partial charge is 0.321 e. The minimum Gasteiger partial charge on any atom is -0.386 e. The Hall–Kier alpha value is -5.30. The summed E-state index contributed by atoms with van der Waals surface area (Å²) in [4.78, 5) is 41.7. The number of guanidine groups is 1. The van der Waals surface area contributed by atoms with Crippen LogP contribution in [-0.4, -0.2) is 61.8 Å². The van der Waals surface area contributed by atoms with Crippen LogP contribution in [0.25, 0.3) is 0 Å². The Labute approximate surface area is 297 Å². The Morgan fingerprint density at radius 2 is 1.80 bits per heavy atom. The third-order valence-corrected chi connectivity index (χ3v) is 9.35. The Bertz CT molecular complexity index is 2050. The summed E-state index contributed by atoms with van der Waals surface area (Å²) in [6, 6.07) is 23.5. The van der Waals surface area contributed by atoms with Crippen molar-refractivity contribution >= 4 is 79.3 Å². The molecule has 0 radical (unpaired) electrons. The van der Waals surface area contributed by atoms with Crippen LogP contribution in [0.4, 0.5) is 21.3 Å². The SMILES string of the molecule is CN1C(=O)C(NC(=O)Nc2cccc(CN=C(N)Nc3nc(CSCC/C(N)=N/S(N)(=O)=O)cs3)c2)N=C(c2ccccc2)c2ccccc21. The first-order valence-corrected chi connectivity index (χ1v) is 18.6. The maximum absolute atomic E-state index is 13.4. The van der Waals surface area contributed by atoms with Crippen molar-refractivity contribution in [2.75, 3.05) is 28.3 Å². The largest absolute Gasteiger partial charge is 0.386 e. The van der Waals surface area contributed by atoms with Crippen molar-refractivity contribution in [3.05, 3.63) is 107 Å². The van der Waals surface area contributed by atoms with Crippen LogP contribution < -0.4 is 37.5 Å². The lowest BCUT2D eigenvalue weighted by atomic mass is 10.0. The highest BCUT2D eigenvalue weighted by Crippen LogP contribution is 2.27. The van der Waals surface area contributed by atoms with E-state index in [9.17, 15) is 18.0 Å². The molecule has 1 atom stereocenters. The van der Waals surface area contributed by atoms with E-state index in [0.717, 1.165) is 22.4 Å². The van der Waals surface area contributed by atoms with Gasteiger partial charge in [-0.1, -0.05) is 60.7 Å². The number of thiazole rings is 1. The molecule has 1 unspecified atom stereocenters. The predicted molar refractivity (Wildman–Crippen MR) is 201 cm³/mol. The summed E-state index contributed by atoms with van der Waals surface area (Å²) in [5.74, 6) is 0.843. The lowest BCUT2D eigenvalue weighted by Gasteiger charge is -2.21. The van der Waals surface area contributed by atoms with Gasteiger partial charge in [0.25, 0.3) is 5.91 Å². The van der Waals surface area contributed by atoms with Crippen LogP contribution in [0.3, 0.4) is 0 Å². The van der Waals surface area contributed by atoms with Gasteiger partial charge in [0.05, 0.1) is 23.6 Å². The Balaban J connectivity index is 1.16. The monoisotopic (exact) mass is 733 g/mol. The third kappa shape index (κ3) is 10.1. The molecule has 3 aromatic carbocycles. The maximum Gasteiger partial charge on any atom is 0.321 e. The molecule has 5 rings (SSSR count). The van der Waals surface area contributed by atoms with Crippen molar-refractivity contribution in [1.82, 2.24) is 10.3 Å². The van der Waals surface area contributed by atoms with Gasteiger partial charge in [-0.25, -0.2) is 24.9 Å². The van der Waals surface area contributed by atoms with Gasteiger partial charge in [-0.3, -0.25) is 4.79 Å². The van der Waals surface area contributed by atoms with E-state index in [4.69, 9.17) is 21.6 Å². The summed E-state index contributed by atoms with van der Waals surface area (Å²) >= 11 is 2.87. The molecule has 50 heavy (non-hydrogen) atoms. The van der Waals surface area contributed by atoms with Crippen LogP contribution >= 0.6 is 23.1 Å². The number of nitrogens with zero attached hydrogens (tertiary/aromatic N) is 5. The highest BCUT2D eigenvalue weighted by Gasteiger charge is 2.31. The van der Waals surface area contributed by atoms with Crippen LogP contribution in [0.5, 0.6) is 0 Å². The van der Waals surface area contributed by atoms with Gasteiger partial charge in [0, 0.05) is 47.2 Å². The second-order valence-corrected chi connectivity index (χ2v) is 14.0. The normalized spacial score (nSPS) is 15.2. The number of anilines is 3. The lowest BCUT2D eigenvalue weighted by molar-refractivity contribution is -0.119. The number of rotatable bonds is 12. The number of para-hydroxylation sites is 1. The standard InChI is InChI=1S/C32H35N11O4S3/c1-43-25-13-6-5-12-24(25)27(21-9-3-2-4-10-21)39-28(29(43)44)40-31(45)37-22-11-7-8-20(16-22)17-36-30(34)41-32-38-23(19-49-32)18-48-15-14-26(33)42-50(35,46)47/h2-13,16,19,28H,14-15,17-18H2,1H3,(H2,33,42)(H2,35,46,47)(H2,37,40,45)(H3,34,36,38,41). The molecule has 2 heterocycles. The quantitative estimate of drug-likeness (QED) is 0.0711. The van der Waals surface area contributed by atoms with E-state index in [1.165, 1.54) is 28.0 Å². The average molecular weight is 734 g/mol. The molecule has 15 nitrogen and oxygen atoms in total. The number of likely N-dealkylation sites (N-methyl/N-ethyl adjacent to an activating group) is 1. The van der Waals surface area contributed by atoms with Gasteiger partial charge < -0.3 is 32.3 Å². The Morgan fingerprint density at radius 3 is 2.58 bits per heavy atom. The number of urea groups is 1. The van der Waals surface area contributed by atoms with Crippen LogP contribution in [0.15, 0.2) is 98.6 Å². The molecular formula is C32H35N11O4S3. The molecule has 0 aliphatic carbocycles. The summed E-state index contributed by atoms with van der Waals surface area (Å²) in [5, 5.41) is 15.8. The number of amidine groups is 1. The molecule has 260 valence electrons. The highest BCUT2D eigenvalue weighted by molar-refractivity contribution is 7.98. The fraction of sp³-hybridized carbons (Fsp3) is 0.188. The van der Waals surface area contributed by atoms with Crippen molar-refractivity contribution in [1.29, 1.82) is 0 Å². The summed E-state index contributed by atoms with van der Waals surface area (Å²) in [6.45, 7) is 0.223. The zero-order chi connectivity index (χ0) is 35.7. The number of aliphatic imine (C=N–C) groups is 2. The van der Waals surface area contributed by atoms with E-state index in [2.05, 4.69) is 30.3 Å². The Morgan fingerprint density at radius 1 is 1.04 bits per heavy atom. The van der Waals surface area contributed by atoms with Gasteiger partial charge in [0.15, 0.2) is 11.1 Å². The van der Waals surface area contributed by atoms with E-state index in [0.29, 0.717) is 33.7 Å². The number of carbonyl (C=O) groups excluding carboxylic acids is 2. The summed E-state index contributed by atoms with van der Waals surface area (Å²) in [7, 11) is -2.34. The van der Waals surface area contributed by atoms with Gasteiger partial charge in [0.2, 0.25) is 6.17 Å². The van der Waals surface area contributed by atoms with E-state index in [-0.39, 0.29) is 30.7 Å². The minimum atomic E-state index is -4.00. The van der Waals surface area contributed by atoms with Crippen molar-refractivity contribution in [3.63, 3.8) is 0 Å². The van der Waals surface area contributed by atoms with Crippen LogP contribution in [0, 0.1) is 0 Å². The number of hydrogen-bond donors (Lipinski definition) is 6. The van der Waals surface area contributed by atoms with Crippen molar-refractivity contribution < 1.29 is 18.0 Å². The molecule has 18 heteroatoms. The first-order valence-electron chi connectivity index (χ1n) is 15.1. The molecule has 1 aromatic heterocycles. The van der Waals surface area contributed by atoms with Gasteiger partial charge in [-0.2, -0.15) is 20.2 Å². The average Bonchev–Trinajstić information content (AvgIpc) is 3.49. The third-order valence-electron chi connectivity index (χ3n) is 7.06. The predicted octanol–water partition coefficient (Wildman–Crippen LogP) is 3.22.